The first-order valence-corrected chi connectivity index (χ1v) is 11.0. The summed E-state index contributed by atoms with van der Waals surface area (Å²) in [7, 11) is 0. The minimum Gasteiger partial charge on any atom is -0.465 e. The summed E-state index contributed by atoms with van der Waals surface area (Å²) < 4.78 is 1.60. The molecule has 2 aromatic rings. The fourth-order valence-electron chi connectivity index (χ4n) is 4.22. The van der Waals surface area contributed by atoms with Crippen molar-refractivity contribution in [2.75, 3.05) is 29.4 Å². The zero-order chi connectivity index (χ0) is 23.0. The Morgan fingerprint density at radius 1 is 1.12 bits per heavy atom. The minimum atomic E-state index is -1.05. The molecule has 1 atom stereocenters. The number of carbonyl (C=O) groups excluding carboxylic acids is 2. The van der Waals surface area contributed by atoms with Gasteiger partial charge in [0.15, 0.2) is 0 Å². The quantitative estimate of drug-likeness (QED) is 0.772. The molecule has 32 heavy (non-hydrogen) atoms. The Labute approximate surface area is 187 Å². The van der Waals surface area contributed by atoms with E-state index < -0.39 is 6.09 Å². The Morgan fingerprint density at radius 3 is 2.50 bits per heavy atom. The highest BCUT2D eigenvalue weighted by Gasteiger charge is 2.35. The molecule has 0 saturated carbocycles. The molecule has 3 amide bonds. The van der Waals surface area contributed by atoms with Gasteiger partial charge in [-0.1, -0.05) is 19.9 Å². The normalized spacial score (nSPS) is 17.9. The molecule has 1 N–H and O–H groups in total. The second-order valence-electron chi connectivity index (χ2n) is 8.97. The fraction of sp³-hybridized carbons (Fsp3) is 0.478. The van der Waals surface area contributed by atoms with E-state index in [1.807, 2.05) is 26.8 Å². The van der Waals surface area contributed by atoms with Gasteiger partial charge in [0.1, 0.15) is 6.54 Å². The third kappa shape index (κ3) is 4.19. The molecule has 9 heteroatoms. The number of nitrogens with zero attached hydrogens (tertiary/aromatic N) is 5. The smallest absolute Gasteiger partial charge is 0.411 e. The molecule has 2 aliphatic rings. The maximum absolute atomic E-state index is 12.9. The molecule has 2 aliphatic heterocycles. The van der Waals surface area contributed by atoms with Gasteiger partial charge in [0, 0.05) is 37.8 Å². The Hall–Kier alpha value is -3.36. The number of carbonyl (C=O) groups is 3. The second-order valence-corrected chi connectivity index (χ2v) is 8.97. The molecule has 0 unspecified atom stereocenters. The van der Waals surface area contributed by atoms with Gasteiger partial charge in [-0.2, -0.15) is 5.10 Å². The topological polar surface area (TPSA) is 99.0 Å². The van der Waals surface area contributed by atoms with Crippen LogP contribution in [0.3, 0.4) is 0 Å². The Bertz CT molecular complexity index is 1040. The van der Waals surface area contributed by atoms with Crippen molar-refractivity contribution in [2.24, 2.45) is 5.92 Å². The molecule has 170 valence electrons. The number of likely N-dealkylation sites (tertiary alicyclic amines) is 1. The van der Waals surface area contributed by atoms with Gasteiger partial charge in [0.2, 0.25) is 11.8 Å². The fourth-order valence-corrected chi connectivity index (χ4v) is 4.22. The summed E-state index contributed by atoms with van der Waals surface area (Å²) in [4.78, 5) is 41.9. The number of fused-ring (bicyclic) bond motifs is 1. The predicted octanol–water partition coefficient (Wildman–Crippen LogP) is 3.05. The number of amides is 3. The van der Waals surface area contributed by atoms with Crippen molar-refractivity contribution in [3.63, 3.8) is 0 Å². The van der Waals surface area contributed by atoms with Crippen molar-refractivity contribution in [1.82, 2.24) is 14.7 Å². The lowest BCUT2D eigenvalue weighted by atomic mass is 10.0. The number of hydrogen-bond donors (Lipinski definition) is 1. The molecule has 1 aromatic carbocycles. The molecule has 0 bridgehead atoms. The van der Waals surface area contributed by atoms with Crippen molar-refractivity contribution >= 4 is 29.3 Å². The molecule has 0 aliphatic carbocycles. The number of rotatable bonds is 5. The van der Waals surface area contributed by atoms with Crippen LogP contribution in [0, 0.1) is 5.92 Å². The standard InChI is InChI=1S/C23H29N5O4/c1-15(2)9-21(29)28-16(3)12-27(23(31)32)20-10-17(5-6-19(20)28)18-11-24-26(13-18)14-22(30)25-7-4-8-25/h5-6,10-11,13,15-16H,4,7-9,12,14H2,1-3H3,(H,31,32)/t16-/m0/s1. The molecule has 1 saturated heterocycles. The monoisotopic (exact) mass is 439 g/mol. The second kappa shape index (κ2) is 8.64. The van der Waals surface area contributed by atoms with Gasteiger partial charge in [-0.15, -0.1) is 0 Å². The molecular formula is C23H29N5O4. The molecule has 3 heterocycles. The van der Waals surface area contributed by atoms with E-state index in [1.54, 1.807) is 39.0 Å². The van der Waals surface area contributed by atoms with Crippen LogP contribution in [0.5, 0.6) is 0 Å². The van der Waals surface area contributed by atoms with Crippen LogP contribution in [0.2, 0.25) is 0 Å². The molecule has 0 radical (unpaired) electrons. The van der Waals surface area contributed by atoms with Gasteiger partial charge < -0.3 is 14.9 Å². The van der Waals surface area contributed by atoms with Gasteiger partial charge >= 0.3 is 6.09 Å². The van der Waals surface area contributed by atoms with Crippen LogP contribution in [0.15, 0.2) is 30.6 Å². The van der Waals surface area contributed by atoms with Crippen LogP contribution in [0.25, 0.3) is 11.1 Å². The summed E-state index contributed by atoms with van der Waals surface area (Å²) in [6, 6.07) is 5.19. The van der Waals surface area contributed by atoms with E-state index in [9.17, 15) is 19.5 Å². The first kappa shape index (κ1) is 21.9. The van der Waals surface area contributed by atoms with Crippen molar-refractivity contribution in [2.45, 2.75) is 46.2 Å². The van der Waals surface area contributed by atoms with E-state index in [4.69, 9.17) is 0 Å². The third-order valence-corrected chi connectivity index (χ3v) is 5.97. The third-order valence-electron chi connectivity index (χ3n) is 5.97. The van der Waals surface area contributed by atoms with Crippen LogP contribution in [-0.4, -0.2) is 63.4 Å². The molecule has 1 fully saturated rings. The lowest BCUT2D eigenvalue weighted by molar-refractivity contribution is -0.135. The minimum absolute atomic E-state index is 0.0103. The van der Waals surface area contributed by atoms with Gasteiger partial charge in [0.25, 0.3) is 0 Å². The summed E-state index contributed by atoms with van der Waals surface area (Å²) in [5, 5.41) is 14.1. The summed E-state index contributed by atoms with van der Waals surface area (Å²) in [5.74, 6) is 0.241. The maximum Gasteiger partial charge on any atom is 0.411 e. The highest BCUT2D eigenvalue weighted by molar-refractivity contribution is 6.03. The Balaban J connectivity index is 1.64. The van der Waals surface area contributed by atoms with E-state index in [0.717, 1.165) is 30.6 Å². The van der Waals surface area contributed by atoms with E-state index in [1.165, 1.54) is 4.90 Å². The van der Waals surface area contributed by atoms with Gasteiger partial charge in [0.05, 0.1) is 23.6 Å². The number of hydrogen-bond acceptors (Lipinski definition) is 4. The average molecular weight is 440 g/mol. The van der Waals surface area contributed by atoms with Crippen molar-refractivity contribution in [3.05, 3.63) is 30.6 Å². The lowest BCUT2D eigenvalue weighted by Gasteiger charge is -2.40. The van der Waals surface area contributed by atoms with E-state index in [0.29, 0.717) is 17.8 Å². The first-order valence-electron chi connectivity index (χ1n) is 11.0. The highest BCUT2D eigenvalue weighted by Crippen LogP contribution is 2.39. The van der Waals surface area contributed by atoms with Gasteiger partial charge in [-0.25, -0.2) is 4.79 Å². The SMILES string of the molecule is CC(C)CC(=O)N1c2ccc(-c3cnn(CC(=O)N4CCC4)c3)cc2N(C(=O)O)C[C@@H]1C. The molecular weight excluding hydrogens is 410 g/mol. The molecule has 9 nitrogen and oxygen atoms in total. The summed E-state index contributed by atoms with van der Waals surface area (Å²) >= 11 is 0. The Morgan fingerprint density at radius 2 is 1.88 bits per heavy atom. The lowest BCUT2D eigenvalue weighted by Crippen LogP contribution is -2.51. The molecule has 4 rings (SSSR count). The number of carboxylic acid groups (broad SMARTS) is 1. The summed E-state index contributed by atoms with van der Waals surface area (Å²) in [5.41, 5.74) is 2.65. The number of benzene rings is 1. The zero-order valence-electron chi connectivity index (χ0n) is 18.7. The van der Waals surface area contributed by atoms with Crippen LogP contribution in [-0.2, 0) is 16.1 Å². The van der Waals surface area contributed by atoms with Crippen molar-refractivity contribution in [1.29, 1.82) is 0 Å². The van der Waals surface area contributed by atoms with Crippen LogP contribution in [0.1, 0.15) is 33.6 Å². The zero-order valence-corrected chi connectivity index (χ0v) is 18.7. The number of anilines is 2. The van der Waals surface area contributed by atoms with Gasteiger partial charge in [-0.05, 0) is 37.0 Å². The van der Waals surface area contributed by atoms with Crippen LogP contribution in [0.4, 0.5) is 16.2 Å². The van der Waals surface area contributed by atoms with Crippen molar-refractivity contribution in [3.8, 4) is 11.1 Å². The van der Waals surface area contributed by atoms with E-state index in [2.05, 4.69) is 5.10 Å². The number of aromatic nitrogens is 2. The average Bonchev–Trinajstić information content (AvgIpc) is 3.13. The maximum atomic E-state index is 12.9. The molecule has 0 spiro atoms. The summed E-state index contributed by atoms with van der Waals surface area (Å²) in [6.45, 7) is 7.83. The predicted molar refractivity (Wildman–Crippen MR) is 121 cm³/mol. The van der Waals surface area contributed by atoms with Crippen LogP contribution >= 0.6 is 0 Å². The largest absolute Gasteiger partial charge is 0.465 e. The molecule has 1 aromatic heterocycles. The van der Waals surface area contributed by atoms with E-state index in [-0.39, 0.29) is 36.9 Å². The highest BCUT2D eigenvalue weighted by atomic mass is 16.4. The van der Waals surface area contributed by atoms with Crippen molar-refractivity contribution < 1.29 is 19.5 Å². The first-order chi connectivity index (χ1) is 15.2. The van der Waals surface area contributed by atoms with E-state index >= 15 is 0 Å². The summed E-state index contributed by atoms with van der Waals surface area (Å²) in [6.07, 6.45) is 3.85. The van der Waals surface area contributed by atoms with Gasteiger partial charge in [-0.3, -0.25) is 19.2 Å². The van der Waals surface area contributed by atoms with Crippen LogP contribution < -0.4 is 9.80 Å². The Kier molecular flexibility index (Phi) is 5.90.